The third kappa shape index (κ3) is 3.96. The number of carbonyl (C=O) groups is 2. The summed E-state index contributed by atoms with van der Waals surface area (Å²) in [6.07, 6.45) is 2.80. The fourth-order valence-corrected chi connectivity index (χ4v) is 1.67. The molecular weight excluding hydrogens is 280 g/mol. The van der Waals surface area contributed by atoms with E-state index in [2.05, 4.69) is 0 Å². The van der Waals surface area contributed by atoms with E-state index in [-0.39, 0.29) is 16.4 Å². The van der Waals surface area contributed by atoms with Gasteiger partial charge in [0.2, 0.25) is 0 Å². The van der Waals surface area contributed by atoms with Gasteiger partial charge in [-0.1, -0.05) is 35.9 Å². The van der Waals surface area contributed by atoms with Crippen molar-refractivity contribution in [2.75, 3.05) is 14.2 Å². The second-order valence-corrected chi connectivity index (χ2v) is 4.30. The molecule has 4 nitrogen and oxygen atoms in total. The average molecular weight is 295 g/mol. The summed E-state index contributed by atoms with van der Waals surface area (Å²) in [5.41, 5.74) is 1.44. The van der Waals surface area contributed by atoms with E-state index in [0.717, 1.165) is 0 Å². The van der Waals surface area contributed by atoms with Crippen LogP contribution in [-0.4, -0.2) is 26.0 Å². The van der Waals surface area contributed by atoms with Crippen LogP contribution in [0, 0.1) is 0 Å². The third-order valence-electron chi connectivity index (χ3n) is 2.51. The Bertz CT molecular complexity index is 573. The summed E-state index contributed by atoms with van der Waals surface area (Å²) in [7, 11) is 2.72. The number of ketones is 1. The van der Waals surface area contributed by atoms with Crippen LogP contribution < -0.4 is 0 Å². The van der Waals surface area contributed by atoms with Crippen LogP contribution in [0.1, 0.15) is 18.1 Å². The molecule has 20 heavy (non-hydrogen) atoms. The fourth-order valence-electron chi connectivity index (χ4n) is 1.56. The molecule has 0 saturated heterocycles. The summed E-state index contributed by atoms with van der Waals surface area (Å²) >= 11 is 5.86. The molecule has 1 aromatic carbocycles. The van der Waals surface area contributed by atoms with Crippen LogP contribution in [0.15, 0.2) is 35.6 Å². The predicted octanol–water partition coefficient (Wildman–Crippen LogP) is 3.02. The number of Topliss-reactive ketones (excluding diaryl/α,β-unsaturated/α-hetero) is 1. The highest BCUT2D eigenvalue weighted by atomic mass is 35.5. The smallest absolute Gasteiger partial charge is 0.341 e. The van der Waals surface area contributed by atoms with Crippen molar-refractivity contribution in [3.63, 3.8) is 0 Å². The molecule has 1 aromatic rings. The molecule has 0 radical (unpaired) electrons. The molecule has 0 spiro atoms. The number of hydrogen-bond donors (Lipinski definition) is 0. The minimum Gasteiger partial charge on any atom is -0.503 e. The van der Waals surface area contributed by atoms with Gasteiger partial charge in [-0.15, -0.1) is 0 Å². The summed E-state index contributed by atoms with van der Waals surface area (Å²) in [6.45, 7) is 1.37. The molecule has 106 valence electrons. The highest BCUT2D eigenvalue weighted by Crippen LogP contribution is 2.24. The second kappa shape index (κ2) is 7.50. The van der Waals surface area contributed by atoms with Crippen LogP contribution in [0.4, 0.5) is 0 Å². The van der Waals surface area contributed by atoms with Crippen molar-refractivity contribution in [3.05, 3.63) is 46.7 Å². The maximum atomic E-state index is 11.8. The van der Waals surface area contributed by atoms with Gasteiger partial charge in [-0.2, -0.15) is 0 Å². The Morgan fingerprint density at radius 1 is 1.20 bits per heavy atom. The minimum atomic E-state index is -0.536. The number of hydrogen-bond acceptors (Lipinski definition) is 4. The van der Waals surface area contributed by atoms with Gasteiger partial charge < -0.3 is 9.47 Å². The van der Waals surface area contributed by atoms with Crippen molar-refractivity contribution >= 4 is 35.0 Å². The Balaban J connectivity index is 3.38. The number of esters is 1. The van der Waals surface area contributed by atoms with Crippen LogP contribution >= 0.6 is 11.6 Å². The van der Waals surface area contributed by atoms with Crippen molar-refractivity contribution in [2.24, 2.45) is 0 Å². The number of benzene rings is 1. The molecule has 0 bridgehead atoms. The number of rotatable bonds is 5. The lowest BCUT2D eigenvalue weighted by Crippen LogP contribution is -2.06. The number of ether oxygens (including phenoxy) is 2. The van der Waals surface area contributed by atoms with Gasteiger partial charge in [-0.3, -0.25) is 4.79 Å². The quantitative estimate of drug-likeness (QED) is 0.476. The summed E-state index contributed by atoms with van der Waals surface area (Å²) in [5.74, 6) is -0.788. The van der Waals surface area contributed by atoms with Crippen molar-refractivity contribution in [2.45, 2.75) is 6.92 Å². The zero-order valence-corrected chi connectivity index (χ0v) is 12.2. The summed E-state index contributed by atoms with van der Waals surface area (Å²) < 4.78 is 9.62. The first-order valence-electron chi connectivity index (χ1n) is 5.80. The van der Waals surface area contributed by atoms with Gasteiger partial charge in [0, 0.05) is 6.92 Å². The molecule has 0 heterocycles. The lowest BCUT2D eigenvalue weighted by Gasteiger charge is -2.09. The monoisotopic (exact) mass is 294 g/mol. The average Bonchev–Trinajstić information content (AvgIpc) is 2.44. The first-order valence-corrected chi connectivity index (χ1v) is 6.17. The van der Waals surface area contributed by atoms with Crippen LogP contribution in [0.25, 0.3) is 11.6 Å². The van der Waals surface area contributed by atoms with Crippen molar-refractivity contribution < 1.29 is 19.1 Å². The summed E-state index contributed by atoms with van der Waals surface area (Å²) in [4.78, 5) is 23.0. The first-order chi connectivity index (χ1) is 9.51. The predicted molar refractivity (Wildman–Crippen MR) is 78.0 cm³/mol. The molecule has 0 aromatic heterocycles. The molecule has 0 aliphatic carbocycles. The second-order valence-electron chi connectivity index (χ2n) is 3.89. The zero-order chi connectivity index (χ0) is 15.1. The first kappa shape index (κ1) is 16.0. The Morgan fingerprint density at radius 2 is 1.85 bits per heavy atom. The van der Waals surface area contributed by atoms with Crippen molar-refractivity contribution in [3.8, 4) is 0 Å². The van der Waals surface area contributed by atoms with Crippen LogP contribution in [0.2, 0.25) is 0 Å². The van der Waals surface area contributed by atoms with E-state index in [1.165, 1.54) is 33.5 Å². The molecule has 0 amide bonds. The highest BCUT2D eigenvalue weighted by Gasteiger charge is 2.16. The van der Waals surface area contributed by atoms with Gasteiger partial charge in [0.1, 0.15) is 5.57 Å². The molecule has 0 aliphatic rings. The minimum absolute atomic E-state index is 0.0825. The Morgan fingerprint density at radius 3 is 2.40 bits per heavy atom. The molecule has 1 rings (SSSR count). The summed E-state index contributed by atoms with van der Waals surface area (Å²) in [5, 5.41) is 0.0825. The SMILES string of the molecule is CO/C=C(/C(=O)OC)c1ccccc1/C=C(\Cl)C(C)=O. The number of halogens is 1. The topological polar surface area (TPSA) is 52.6 Å². The van der Waals surface area contributed by atoms with Crippen LogP contribution in [-0.2, 0) is 19.1 Å². The number of carbonyl (C=O) groups excluding carboxylic acids is 2. The van der Waals surface area contributed by atoms with Gasteiger partial charge in [0.15, 0.2) is 5.78 Å². The Hall–Kier alpha value is -2.07. The zero-order valence-electron chi connectivity index (χ0n) is 11.5. The van der Waals surface area contributed by atoms with Crippen LogP contribution in [0.3, 0.4) is 0 Å². The molecule has 0 unspecified atom stereocenters. The van der Waals surface area contributed by atoms with E-state index in [4.69, 9.17) is 21.1 Å². The molecule has 0 N–H and O–H groups in total. The maximum Gasteiger partial charge on any atom is 0.341 e. The van der Waals surface area contributed by atoms with Crippen LogP contribution in [0.5, 0.6) is 0 Å². The molecule has 0 fully saturated rings. The number of methoxy groups -OCH3 is 2. The molecule has 0 aliphatic heterocycles. The van der Waals surface area contributed by atoms with E-state index >= 15 is 0 Å². The number of allylic oxidation sites excluding steroid dienone is 1. The van der Waals surface area contributed by atoms with Gasteiger partial charge in [-0.05, 0) is 17.2 Å². The Labute approximate surface area is 122 Å². The third-order valence-corrected chi connectivity index (χ3v) is 2.89. The van der Waals surface area contributed by atoms with E-state index in [9.17, 15) is 9.59 Å². The van der Waals surface area contributed by atoms with Crippen molar-refractivity contribution in [1.29, 1.82) is 0 Å². The van der Waals surface area contributed by atoms with Gasteiger partial charge >= 0.3 is 5.97 Å². The van der Waals surface area contributed by atoms with E-state index in [0.29, 0.717) is 11.1 Å². The van der Waals surface area contributed by atoms with E-state index in [1.807, 2.05) is 0 Å². The fraction of sp³-hybridized carbons (Fsp3) is 0.200. The highest BCUT2D eigenvalue weighted by molar-refractivity contribution is 6.44. The normalized spacial score (nSPS) is 12.0. The van der Waals surface area contributed by atoms with Crippen molar-refractivity contribution in [1.82, 2.24) is 0 Å². The lowest BCUT2D eigenvalue weighted by atomic mass is 10.00. The molecule has 0 atom stereocenters. The van der Waals surface area contributed by atoms with Gasteiger partial charge in [-0.25, -0.2) is 4.79 Å². The van der Waals surface area contributed by atoms with Gasteiger partial charge in [0.25, 0.3) is 0 Å². The van der Waals surface area contributed by atoms with Gasteiger partial charge in [0.05, 0.1) is 25.5 Å². The Kier molecular flexibility index (Phi) is 6.00. The van der Waals surface area contributed by atoms with E-state index < -0.39 is 5.97 Å². The standard InChI is InChI=1S/C15H15ClO4/c1-10(17)14(16)8-11-6-4-5-7-12(11)13(9-19-2)15(18)20-3/h4-9H,1-3H3/b13-9+,14-8-. The summed E-state index contributed by atoms with van der Waals surface area (Å²) in [6, 6.07) is 7.01. The molecular formula is C15H15ClO4. The largest absolute Gasteiger partial charge is 0.503 e. The van der Waals surface area contributed by atoms with E-state index in [1.54, 1.807) is 24.3 Å². The molecule has 5 heteroatoms. The lowest BCUT2D eigenvalue weighted by molar-refractivity contribution is -0.133. The maximum absolute atomic E-state index is 11.8. The molecule has 0 saturated carbocycles.